The molecule has 0 saturated heterocycles. The van der Waals surface area contributed by atoms with Crippen LogP contribution in [-0.4, -0.2) is 27.1 Å². The highest BCUT2D eigenvalue weighted by atomic mass is 16.5. The van der Waals surface area contributed by atoms with E-state index in [-0.39, 0.29) is 5.78 Å². The molecule has 2 aromatic carbocycles. The van der Waals surface area contributed by atoms with Gasteiger partial charge in [-0.3, -0.25) is 4.79 Å². The summed E-state index contributed by atoms with van der Waals surface area (Å²) < 4.78 is 15.8. The Kier molecular flexibility index (Phi) is 4.56. The number of ketones is 1. The molecule has 5 nitrogen and oxygen atoms in total. The first kappa shape index (κ1) is 15.7. The molecule has 116 valence electrons. The lowest BCUT2D eigenvalue weighted by atomic mass is 9.99. The van der Waals surface area contributed by atoms with Crippen LogP contribution in [0.1, 0.15) is 21.5 Å². The lowest BCUT2D eigenvalue weighted by molar-refractivity contribution is 0.103. The number of methoxy groups -OCH3 is 3. The van der Waals surface area contributed by atoms with E-state index in [4.69, 9.17) is 19.9 Å². The molecule has 0 saturated carbocycles. The number of nitrogen functional groups attached to an aromatic ring is 1. The van der Waals surface area contributed by atoms with Gasteiger partial charge in [0, 0.05) is 16.8 Å². The maximum Gasteiger partial charge on any atom is 0.203 e. The van der Waals surface area contributed by atoms with E-state index in [1.807, 2.05) is 13.0 Å². The Hall–Kier alpha value is -2.69. The molecule has 2 rings (SSSR count). The van der Waals surface area contributed by atoms with Crippen molar-refractivity contribution in [3.8, 4) is 17.2 Å². The van der Waals surface area contributed by atoms with Gasteiger partial charge in [0.15, 0.2) is 17.3 Å². The smallest absolute Gasteiger partial charge is 0.203 e. The van der Waals surface area contributed by atoms with E-state index in [0.717, 1.165) is 5.56 Å². The molecule has 0 aliphatic rings. The normalized spacial score (nSPS) is 10.2. The third-order valence-electron chi connectivity index (χ3n) is 3.38. The van der Waals surface area contributed by atoms with Crippen LogP contribution in [-0.2, 0) is 0 Å². The van der Waals surface area contributed by atoms with Crippen LogP contribution in [0.2, 0.25) is 0 Å². The number of aryl methyl sites for hydroxylation is 1. The van der Waals surface area contributed by atoms with Gasteiger partial charge in [-0.25, -0.2) is 0 Å². The fraction of sp³-hybridized carbons (Fsp3) is 0.235. The van der Waals surface area contributed by atoms with Gasteiger partial charge in [-0.05, 0) is 31.2 Å². The standard InChI is InChI=1S/C17H19NO4/c1-10-5-6-13(18)12(7-10)16(19)11-8-14(20-2)17(22-4)15(9-11)21-3/h5-9H,18H2,1-4H3. The van der Waals surface area contributed by atoms with Crippen LogP contribution in [0.15, 0.2) is 30.3 Å². The Bertz CT molecular complexity index is 685. The number of anilines is 1. The molecule has 0 heterocycles. The van der Waals surface area contributed by atoms with Crippen molar-refractivity contribution in [1.29, 1.82) is 0 Å². The number of carbonyl (C=O) groups is 1. The number of hydrogen-bond donors (Lipinski definition) is 1. The van der Waals surface area contributed by atoms with Crippen molar-refractivity contribution in [1.82, 2.24) is 0 Å². The van der Waals surface area contributed by atoms with Gasteiger partial charge in [-0.2, -0.15) is 0 Å². The zero-order valence-corrected chi connectivity index (χ0v) is 13.1. The number of hydrogen-bond acceptors (Lipinski definition) is 5. The Morgan fingerprint density at radius 1 is 0.955 bits per heavy atom. The largest absolute Gasteiger partial charge is 0.493 e. The molecule has 0 amide bonds. The minimum Gasteiger partial charge on any atom is -0.493 e. The second-order valence-electron chi connectivity index (χ2n) is 4.83. The van der Waals surface area contributed by atoms with Gasteiger partial charge >= 0.3 is 0 Å². The summed E-state index contributed by atoms with van der Waals surface area (Å²) in [5, 5.41) is 0. The summed E-state index contributed by atoms with van der Waals surface area (Å²) in [6.07, 6.45) is 0. The van der Waals surface area contributed by atoms with Crippen molar-refractivity contribution < 1.29 is 19.0 Å². The molecule has 22 heavy (non-hydrogen) atoms. The predicted molar refractivity (Wildman–Crippen MR) is 85.1 cm³/mol. The average molecular weight is 301 g/mol. The van der Waals surface area contributed by atoms with E-state index in [9.17, 15) is 4.79 Å². The molecule has 2 N–H and O–H groups in total. The average Bonchev–Trinajstić information content (AvgIpc) is 2.54. The fourth-order valence-electron chi connectivity index (χ4n) is 2.23. The fourth-order valence-corrected chi connectivity index (χ4v) is 2.23. The molecule has 0 spiro atoms. The summed E-state index contributed by atoms with van der Waals surface area (Å²) in [6.45, 7) is 1.91. The molecule has 0 aromatic heterocycles. The monoisotopic (exact) mass is 301 g/mol. The predicted octanol–water partition coefficient (Wildman–Crippen LogP) is 2.83. The summed E-state index contributed by atoms with van der Waals surface area (Å²) in [5.41, 5.74) is 8.19. The van der Waals surface area contributed by atoms with E-state index in [0.29, 0.717) is 34.1 Å². The molecule has 0 radical (unpaired) electrons. The first-order valence-corrected chi connectivity index (χ1v) is 6.72. The lowest BCUT2D eigenvalue weighted by Gasteiger charge is -2.14. The third-order valence-corrected chi connectivity index (χ3v) is 3.38. The Morgan fingerprint density at radius 2 is 1.55 bits per heavy atom. The molecule has 2 aromatic rings. The Morgan fingerprint density at radius 3 is 2.05 bits per heavy atom. The van der Waals surface area contributed by atoms with E-state index >= 15 is 0 Å². The van der Waals surface area contributed by atoms with Crippen molar-refractivity contribution in [2.24, 2.45) is 0 Å². The van der Waals surface area contributed by atoms with Crippen LogP contribution in [0.3, 0.4) is 0 Å². The van der Waals surface area contributed by atoms with E-state index in [2.05, 4.69) is 0 Å². The Labute approximate surface area is 129 Å². The van der Waals surface area contributed by atoms with Crippen LogP contribution >= 0.6 is 0 Å². The molecule has 0 fully saturated rings. The van der Waals surface area contributed by atoms with Crippen molar-refractivity contribution in [2.75, 3.05) is 27.1 Å². The van der Waals surface area contributed by atoms with Gasteiger partial charge in [0.2, 0.25) is 5.75 Å². The topological polar surface area (TPSA) is 70.8 Å². The molecule has 5 heteroatoms. The van der Waals surface area contributed by atoms with Crippen LogP contribution in [0.5, 0.6) is 17.2 Å². The first-order chi connectivity index (χ1) is 10.5. The van der Waals surface area contributed by atoms with Gasteiger partial charge in [0.25, 0.3) is 0 Å². The molecular formula is C17H19NO4. The van der Waals surface area contributed by atoms with Crippen molar-refractivity contribution in [3.63, 3.8) is 0 Å². The van der Waals surface area contributed by atoms with Crippen molar-refractivity contribution in [3.05, 3.63) is 47.0 Å². The summed E-state index contributed by atoms with van der Waals surface area (Å²) >= 11 is 0. The highest BCUT2D eigenvalue weighted by molar-refractivity contribution is 6.12. The summed E-state index contributed by atoms with van der Waals surface area (Å²) in [6, 6.07) is 8.58. The molecule has 0 unspecified atom stereocenters. The molecule has 0 bridgehead atoms. The van der Waals surface area contributed by atoms with Gasteiger partial charge in [-0.15, -0.1) is 0 Å². The van der Waals surface area contributed by atoms with Gasteiger partial charge < -0.3 is 19.9 Å². The van der Waals surface area contributed by atoms with Crippen molar-refractivity contribution in [2.45, 2.75) is 6.92 Å². The first-order valence-electron chi connectivity index (χ1n) is 6.72. The minimum atomic E-state index is -0.194. The number of rotatable bonds is 5. The van der Waals surface area contributed by atoms with E-state index in [1.54, 1.807) is 24.3 Å². The van der Waals surface area contributed by atoms with Crippen LogP contribution in [0.25, 0.3) is 0 Å². The summed E-state index contributed by atoms with van der Waals surface area (Å²) in [7, 11) is 4.53. The maximum atomic E-state index is 12.7. The quantitative estimate of drug-likeness (QED) is 0.679. The Balaban J connectivity index is 2.56. The van der Waals surface area contributed by atoms with Gasteiger partial charge in [-0.1, -0.05) is 11.6 Å². The van der Waals surface area contributed by atoms with Crippen LogP contribution < -0.4 is 19.9 Å². The zero-order valence-electron chi connectivity index (χ0n) is 13.1. The maximum absolute atomic E-state index is 12.7. The van der Waals surface area contributed by atoms with Crippen LogP contribution in [0, 0.1) is 6.92 Å². The van der Waals surface area contributed by atoms with Gasteiger partial charge in [0.1, 0.15) is 0 Å². The van der Waals surface area contributed by atoms with E-state index < -0.39 is 0 Å². The van der Waals surface area contributed by atoms with Crippen LogP contribution in [0.4, 0.5) is 5.69 Å². The lowest BCUT2D eigenvalue weighted by Crippen LogP contribution is -2.07. The second kappa shape index (κ2) is 6.39. The minimum absolute atomic E-state index is 0.194. The SMILES string of the molecule is COc1cc(C(=O)c2cc(C)ccc2N)cc(OC)c1OC. The zero-order chi connectivity index (χ0) is 16.3. The highest BCUT2D eigenvalue weighted by Crippen LogP contribution is 2.39. The highest BCUT2D eigenvalue weighted by Gasteiger charge is 2.19. The molecular weight excluding hydrogens is 282 g/mol. The molecule has 0 aliphatic carbocycles. The molecule has 0 aliphatic heterocycles. The third kappa shape index (κ3) is 2.83. The second-order valence-corrected chi connectivity index (χ2v) is 4.83. The van der Waals surface area contributed by atoms with Crippen molar-refractivity contribution >= 4 is 11.5 Å². The molecule has 0 atom stereocenters. The number of nitrogens with two attached hydrogens (primary N) is 1. The summed E-state index contributed by atoms with van der Waals surface area (Å²) in [4.78, 5) is 12.7. The summed E-state index contributed by atoms with van der Waals surface area (Å²) in [5.74, 6) is 1.10. The number of benzene rings is 2. The number of carbonyl (C=O) groups excluding carboxylic acids is 1. The van der Waals surface area contributed by atoms with Gasteiger partial charge in [0.05, 0.1) is 21.3 Å². The number of ether oxygens (including phenoxy) is 3. The van der Waals surface area contributed by atoms with E-state index in [1.165, 1.54) is 21.3 Å².